The van der Waals surface area contributed by atoms with Crippen molar-refractivity contribution in [3.05, 3.63) is 66.0 Å². The molecule has 2 aromatic heterocycles. The summed E-state index contributed by atoms with van der Waals surface area (Å²) >= 11 is 0. The number of aryl methyl sites for hydroxylation is 1. The molecule has 192 valence electrons. The van der Waals surface area contributed by atoms with E-state index >= 15 is 0 Å². The average Bonchev–Trinajstić information content (AvgIpc) is 3.36. The lowest BCUT2D eigenvalue weighted by atomic mass is 9.65. The number of nitrogen functional groups attached to an aromatic ring is 1. The van der Waals surface area contributed by atoms with E-state index in [-0.39, 0.29) is 23.5 Å². The molecular weight excluding hydrogens is 475 g/mol. The molecule has 2 aromatic carbocycles. The first-order chi connectivity index (χ1) is 17.9. The molecule has 3 N–H and O–H groups in total. The van der Waals surface area contributed by atoms with Crippen LogP contribution in [0.25, 0.3) is 16.8 Å². The lowest BCUT2D eigenvalue weighted by molar-refractivity contribution is -0.177. The Labute approximate surface area is 213 Å². The quantitative estimate of drug-likeness (QED) is 0.389. The topological polar surface area (TPSA) is 104 Å². The summed E-state index contributed by atoms with van der Waals surface area (Å²) in [5.41, 5.74) is 8.97. The van der Waals surface area contributed by atoms with Gasteiger partial charge in [0.25, 0.3) is 0 Å². The van der Waals surface area contributed by atoms with Gasteiger partial charge < -0.3 is 25.1 Å². The number of benzene rings is 2. The van der Waals surface area contributed by atoms with Gasteiger partial charge in [0.15, 0.2) is 11.5 Å². The average molecular weight is 505 g/mol. The summed E-state index contributed by atoms with van der Waals surface area (Å²) in [5, 5.41) is 9.87. The molecule has 1 saturated carbocycles. The third kappa shape index (κ3) is 3.72. The number of aliphatic hydroxyl groups is 1. The summed E-state index contributed by atoms with van der Waals surface area (Å²) in [6.07, 6.45) is 5.11. The van der Waals surface area contributed by atoms with Crippen LogP contribution in [0.2, 0.25) is 0 Å². The van der Waals surface area contributed by atoms with Crippen molar-refractivity contribution in [2.45, 2.75) is 43.6 Å². The molecule has 0 amide bonds. The number of imidazole rings is 1. The van der Waals surface area contributed by atoms with Gasteiger partial charge in [0.2, 0.25) is 5.82 Å². The van der Waals surface area contributed by atoms with Crippen molar-refractivity contribution in [2.75, 3.05) is 26.1 Å². The molecule has 4 aromatic rings. The maximum Gasteiger partial charge on any atom is 0.207 e. The van der Waals surface area contributed by atoms with Crippen LogP contribution in [0.5, 0.6) is 17.2 Å². The molecule has 3 aliphatic rings. The Morgan fingerprint density at radius 2 is 1.84 bits per heavy atom. The van der Waals surface area contributed by atoms with Gasteiger partial charge in [-0.05, 0) is 69.0 Å². The molecule has 4 heterocycles. The van der Waals surface area contributed by atoms with E-state index in [2.05, 4.69) is 9.38 Å². The normalized spacial score (nSPS) is 22.9. The second kappa shape index (κ2) is 8.71. The van der Waals surface area contributed by atoms with Crippen LogP contribution in [-0.2, 0) is 10.2 Å². The van der Waals surface area contributed by atoms with Gasteiger partial charge in [-0.3, -0.25) is 4.40 Å². The Balaban J connectivity index is 1.39. The van der Waals surface area contributed by atoms with E-state index in [1.807, 2.05) is 19.1 Å². The highest BCUT2D eigenvalue weighted by molar-refractivity contribution is 5.86. The summed E-state index contributed by atoms with van der Waals surface area (Å²) in [4.78, 5) is 9.56. The molecule has 0 atom stereocenters. The van der Waals surface area contributed by atoms with Gasteiger partial charge in [0, 0.05) is 17.5 Å². The number of nitrogens with two attached hydrogens (primary N) is 1. The highest BCUT2D eigenvalue weighted by Gasteiger charge is 2.52. The van der Waals surface area contributed by atoms with Crippen LogP contribution in [0.4, 0.5) is 10.2 Å². The molecule has 9 heteroatoms. The molecule has 37 heavy (non-hydrogen) atoms. The highest BCUT2D eigenvalue weighted by Crippen LogP contribution is 2.51. The molecule has 8 nitrogen and oxygen atoms in total. The van der Waals surface area contributed by atoms with Gasteiger partial charge >= 0.3 is 0 Å². The highest BCUT2D eigenvalue weighted by atomic mass is 19.1. The number of hydrogen-bond acceptors (Lipinski definition) is 7. The SMILES string of the molecule is COc1cccc(Oc2ccc(-c3nc(C45CCC(CO)(CC4)OC5)n4c(C)cnc(N)c34)cc2)c1F. The van der Waals surface area contributed by atoms with Crippen LogP contribution in [0.15, 0.2) is 48.7 Å². The molecule has 2 bridgehead atoms. The molecule has 1 aliphatic carbocycles. The van der Waals surface area contributed by atoms with Gasteiger partial charge in [-0.25, -0.2) is 9.97 Å². The summed E-state index contributed by atoms with van der Waals surface area (Å²) in [6.45, 7) is 2.54. The standard InChI is InChI=1S/C28H29FN4O4/c1-17-14-31-25(30)24-23(32-26(33(17)24)27-10-12-28(15-34,13-11-27)36-16-27)18-6-8-19(9-7-18)37-21-5-3-4-20(35-2)22(21)29/h3-9,14,34H,10-13,15-16H2,1-2H3,(H2,30,31). The summed E-state index contributed by atoms with van der Waals surface area (Å²) in [7, 11) is 1.41. The van der Waals surface area contributed by atoms with E-state index in [0.717, 1.165) is 54.0 Å². The van der Waals surface area contributed by atoms with Crippen molar-refractivity contribution in [3.63, 3.8) is 0 Å². The number of hydrogen-bond donors (Lipinski definition) is 2. The van der Waals surface area contributed by atoms with Gasteiger partial charge in [-0.15, -0.1) is 0 Å². The van der Waals surface area contributed by atoms with E-state index in [1.54, 1.807) is 36.5 Å². The van der Waals surface area contributed by atoms with Crippen LogP contribution in [0.3, 0.4) is 0 Å². The Bertz CT molecular complexity index is 1460. The van der Waals surface area contributed by atoms with E-state index < -0.39 is 11.4 Å². The fourth-order valence-electron chi connectivity index (χ4n) is 5.63. The van der Waals surface area contributed by atoms with Crippen molar-refractivity contribution < 1.29 is 23.7 Å². The number of halogens is 1. The van der Waals surface area contributed by atoms with Gasteiger partial charge in [-0.2, -0.15) is 4.39 Å². The predicted molar refractivity (Wildman–Crippen MR) is 137 cm³/mol. The largest absolute Gasteiger partial charge is 0.494 e. The number of methoxy groups -OCH3 is 1. The van der Waals surface area contributed by atoms with Crippen molar-refractivity contribution in [3.8, 4) is 28.5 Å². The fraction of sp³-hybridized carbons (Fsp3) is 0.357. The van der Waals surface area contributed by atoms with Crippen LogP contribution in [0, 0.1) is 12.7 Å². The van der Waals surface area contributed by atoms with Gasteiger partial charge in [0.1, 0.15) is 28.6 Å². The van der Waals surface area contributed by atoms with Crippen molar-refractivity contribution in [2.24, 2.45) is 0 Å². The number of nitrogens with zero attached hydrogens (tertiary/aromatic N) is 3. The number of rotatable bonds is 6. The van der Waals surface area contributed by atoms with E-state index in [1.165, 1.54) is 7.11 Å². The van der Waals surface area contributed by atoms with E-state index in [0.29, 0.717) is 18.2 Å². The molecule has 0 unspecified atom stereocenters. The Hall–Kier alpha value is -3.69. The lowest BCUT2D eigenvalue weighted by Gasteiger charge is -2.51. The second-order valence-electron chi connectivity index (χ2n) is 10.1. The first-order valence-electron chi connectivity index (χ1n) is 12.4. The Morgan fingerprint density at radius 3 is 2.49 bits per heavy atom. The zero-order valence-corrected chi connectivity index (χ0v) is 20.8. The predicted octanol–water partition coefficient (Wildman–Crippen LogP) is 4.80. The van der Waals surface area contributed by atoms with Gasteiger partial charge in [0.05, 0.1) is 31.3 Å². The fourth-order valence-corrected chi connectivity index (χ4v) is 5.63. The summed E-state index contributed by atoms with van der Waals surface area (Å²) in [6, 6.07) is 12.1. The van der Waals surface area contributed by atoms with Crippen LogP contribution in [-0.4, -0.2) is 45.4 Å². The number of ether oxygens (including phenoxy) is 3. The molecule has 2 saturated heterocycles. The summed E-state index contributed by atoms with van der Waals surface area (Å²) in [5.74, 6) is 1.43. The molecule has 2 aliphatic heterocycles. The zero-order valence-electron chi connectivity index (χ0n) is 20.8. The maximum atomic E-state index is 14.6. The molecular formula is C28H29FN4O4. The van der Waals surface area contributed by atoms with Crippen LogP contribution < -0.4 is 15.2 Å². The van der Waals surface area contributed by atoms with Crippen molar-refractivity contribution in [1.82, 2.24) is 14.4 Å². The Morgan fingerprint density at radius 1 is 1.11 bits per heavy atom. The first kappa shape index (κ1) is 23.7. The van der Waals surface area contributed by atoms with Crippen molar-refractivity contribution in [1.29, 1.82) is 0 Å². The number of anilines is 1. The zero-order chi connectivity index (χ0) is 25.8. The lowest BCUT2D eigenvalue weighted by Crippen LogP contribution is -2.55. The third-order valence-corrected chi connectivity index (χ3v) is 7.90. The minimum Gasteiger partial charge on any atom is -0.494 e. The van der Waals surface area contributed by atoms with Crippen molar-refractivity contribution >= 4 is 11.3 Å². The molecule has 0 spiro atoms. The van der Waals surface area contributed by atoms with E-state index in [9.17, 15) is 9.50 Å². The molecule has 3 fully saturated rings. The third-order valence-electron chi connectivity index (χ3n) is 7.90. The molecule has 7 rings (SSSR count). The Kier molecular flexibility index (Phi) is 5.58. The minimum atomic E-state index is -0.556. The van der Waals surface area contributed by atoms with E-state index in [4.69, 9.17) is 24.9 Å². The first-order valence-corrected chi connectivity index (χ1v) is 12.4. The smallest absolute Gasteiger partial charge is 0.207 e. The number of aliphatic hydroxyl groups excluding tert-OH is 1. The summed E-state index contributed by atoms with van der Waals surface area (Å²) < 4.78 is 33.7. The number of aromatic nitrogens is 3. The monoisotopic (exact) mass is 504 g/mol. The van der Waals surface area contributed by atoms with Crippen LogP contribution in [0.1, 0.15) is 37.2 Å². The minimum absolute atomic E-state index is 0.0423. The van der Waals surface area contributed by atoms with Gasteiger partial charge in [-0.1, -0.05) is 6.07 Å². The van der Waals surface area contributed by atoms with Crippen LogP contribution >= 0.6 is 0 Å². The molecule has 0 radical (unpaired) electrons. The number of fused-ring (bicyclic) bond motifs is 4. The second-order valence-corrected chi connectivity index (χ2v) is 10.1. The maximum absolute atomic E-state index is 14.6.